The van der Waals surface area contributed by atoms with Gasteiger partial charge in [-0.05, 0) is 47.9 Å². The van der Waals surface area contributed by atoms with Crippen molar-refractivity contribution >= 4 is 11.4 Å². The standard InChI is InChI=1S/C29H29N3O2/c1-19(2)18-33-24-10-6-7-21(15-24)28-29-27(26(30)17-32-29)25(16-31-28)20-11-13-23(14-12-20)34-22-8-4-3-5-9-22/h3-15,17,19,25,32H,16,18,30H2,1-2H3. The molecule has 1 aromatic heterocycles. The lowest BCUT2D eigenvalue weighted by molar-refractivity contribution is 0.271. The lowest BCUT2D eigenvalue weighted by Gasteiger charge is -2.24. The van der Waals surface area contributed by atoms with Gasteiger partial charge >= 0.3 is 0 Å². The van der Waals surface area contributed by atoms with Crippen LogP contribution in [0.15, 0.2) is 90.1 Å². The first-order chi connectivity index (χ1) is 16.6. The maximum Gasteiger partial charge on any atom is 0.127 e. The molecule has 0 spiro atoms. The number of para-hydroxylation sites is 1. The van der Waals surface area contributed by atoms with Gasteiger partial charge in [0.1, 0.15) is 17.2 Å². The molecule has 3 aromatic carbocycles. The molecule has 5 rings (SSSR count). The van der Waals surface area contributed by atoms with E-state index in [0.717, 1.165) is 51.0 Å². The van der Waals surface area contributed by atoms with Crippen LogP contribution >= 0.6 is 0 Å². The smallest absolute Gasteiger partial charge is 0.127 e. The number of benzene rings is 3. The van der Waals surface area contributed by atoms with Gasteiger partial charge in [0, 0.05) is 23.2 Å². The highest BCUT2D eigenvalue weighted by Gasteiger charge is 2.29. The summed E-state index contributed by atoms with van der Waals surface area (Å²) in [6.07, 6.45) is 1.87. The van der Waals surface area contributed by atoms with Crippen LogP contribution in [0.1, 0.15) is 42.1 Å². The summed E-state index contributed by atoms with van der Waals surface area (Å²) in [5.74, 6) is 3.02. The Morgan fingerprint density at radius 1 is 0.941 bits per heavy atom. The third kappa shape index (κ3) is 4.55. The zero-order valence-corrected chi connectivity index (χ0v) is 19.5. The normalized spacial score (nSPS) is 15.0. The van der Waals surface area contributed by atoms with E-state index in [-0.39, 0.29) is 5.92 Å². The van der Waals surface area contributed by atoms with Crippen LogP contribution in [0.2, 0.25) is 0 Å². The number of rotatable bonds is 7. The van der Waals surface area contributed by atoms with E-state index in [1.165, 1.54) is 0 Å². The lowest BCUT2D eigenvalue weighted by atomic mass is 9.86. The van der Waals surface area contributed by atoms with Gasteiger partial charge < -0.3 is 20.2 Å². The lowest BCUT2D eigenvalue weighted by Crippen LogP contribution is -2.20. The number of nitrogens with one attached hydrogen (secondary N) is 1. The third-order valence-corrected chi connectivity index (χ3v) is 5.92. The summed E-state index contributed by atoms with van der Waals surface area (Å²) < 4.78 is 11.9. The Bertz CT molecular complexity index is 1290. The van der Waals surface area contributed by atoms with Gasteiger partial charge in [0.2, 0.25) is 0 Å². The van der Waals surface area contributed by atoms with Crippen molar-refractivity contribution in [2.24, 2.45) is 10.9 Å². The number of aliphatic imine (C=N–C) groups is 1. The molecule has 0 fully saturated rings. The molecule has 172 valence electrons. The summed E-state index contributed by atoms with van der Waals surface area (Å²) in [4.78, 5) is 8.35. The summed E-state index contributed by atoms with van der Waals surface area (Å²) in [5.41, 5.74) is 12.4. The maximum absolute atomic E-state index is 6.44. The monoisotopic (exact) mass is 451 g/mol. The predicted octanol–water partition coefficient (Wildman–Crippen LogP) is 6.41. The SMILES string of the molecule is CC(C)COc1cccc(C2=NCC(c3ccc(Oc4ccccc4)cc3)c3c(N)c[nH]c32)c1. The van der Waals surface area contributed by atoms with E-state index in [0.29, 0.717) is 19.1 Å². The number of H-pyrrole nitrogens is 1. The zero-order chi connectivity index (χ0) is 23.5. The molecule has 0 aliphatic carbocycles. The second kappa shape index (κ2) is 9.48. The number of hydrogen-bond acceptors (Lipinski definition) is 4. The number of hydrogen-bond donors (Lipinski definition) is 2. The molecule has 1 atom stereocenters. The first kappa shape index (κ1) is 21.8. The fourth-order valence-corrected chi connectivity index (χ4v) is 4.27. The minimum atomic E-state index is 0.0798. The Morgan fingerprint density at radius 2 is 1.68 bits per heavy atom. The van der Waals surface area contributed by atoms with Crippen LogP contribution in [0, 0.1) is 5.92 Å². The van der Waals surface area contributed by atoms with Crippen LogP contribution in [0.25, 0.3) is 0 Å². The molecule has 0 saturated heterocycles. The second-order valence-corrected chi connectivity index (χ2v) is 8.99. The first-order valence-corrected chi connectivity index (χ1v) is 11.7. The molecular formula is C29H29N3O2. The van der Waals surface area contributed by atoms with Gasteiger partial charge in [-0.1, -0.05) is 56.3 Å². The number of fused-ring (bicyclic) bond motifs is 1. The van der Waals surface area contributed by atoms with Crippen LogP contribution in [-0.2, 0) is 0 Å². The molecule has 5 nitrogen and oxygen atoms in total. The Hall–Kier alpha value is -3.99. The van der Waals surface area contributed by atoms with Crippen molar-refractivity contribution in [2.75, 3.05) is 18.9 Å². The molecule has 1 unspecified atom stereocenters. The summed E-state index contributed by atoms with van der Waals surface area (Å²) >= 11 is 0. The number of aromatic nitrogens is 1. The summed E-state index contributed by atoms with van der Waals surface area (Å²) in [7, 11) is 0. The Kier molecular flexibility index (Phi) is 6.09. The van der Waals surface area contributed by atoms with Crippen LogP contribution in [0.5, 0.6) is 17.2 Å². The zero-order valence-electron chi connectivity index (χ0n) is 19.5. The number of ether oxygens (including phenoxy) is 2. The van der Waals surface area contributed by atoms with Gasteiger partial charge in [0.25, 0.3) is 0 Å². The van der Waals surface area contributed by atoms with Gasteiger partial charge in [0.05, 0.1) is 30.2 Å². The molecule has 0 saturated carbocycles. The number of nitrogens with zero attached hydrogens (tertiary/aromatic N) is 1. The minimum absolute atomic E-state index is 0.0798. The van der Waals surface area contributed by atoms with E-state index >= 15 is 0 Å². The van der Waals surface area contributed by atoms with Crippen molar-refractivity contribution in [3.05, 3.63) is 107 Å². The van der Waals surface area contributed by atoms with E-state index in [4.69, 9.17) is 20.2 Å². The fourth-order valence-electron chi connectivity index (χ4n) is 4.27. The molecule has 34 heavy (non-hydrogen) atoms. The first-order valence-electron chi connectivity index (χ1n) is 11.7. The highest BCUT2D eigenvalue weighted by Crippen LogP contribution is 2.37. The molecule has 0 radical (unpaired) electrons. The summed E-state index contributed by atoms with van der Waals surface area (Å²) in [6, 6.07) is 26.1. The van der Waals surface area contributed by atoms with Crippen molar-refractivity contribution in [2.45, 2.75) is 19.8 Å². The molecule has 5 heteroatoms. The Morgan fingerprint density at radius 3 is 2.44 bits per heavy atom. The Balaban J connectivity index is 1.40. The largest absolute Gasteiger partial charge is 0.493 e. The minimum Gasteiger partial charge on any atom is -0.493 e. The van der Waals surface area contributed by atoms with E-state index in [9.17, 15) is 0 Å². The number of aromatic amines is 1. The molecule has 0 amide bonds. The van der Waals surface area contributed by atoms with Crippen molar-refractivity contribution in [1.82, 2.24) is 4.98 Å². The quantitative estimate of drug-likeness (QED) is 0.341. The van der Waals surface area contributed by atoms with Crippen LogP contribution < -0.4 is 15.2 Å². The highest BCUT2D eigenvalue weighted by molar-refractivity contribution is 6.14. The van der Waals surface area contributed by atoms with Gasteiger partial charge in [-0.25, -0.2) is 0 Å². The third-order valence-electron chi connectivity index (χ3n) is 5.92. The molecule has 2 heterocycles. The second-order valence-electron chi connectivity index (χ2n) is 8.99. The average molecular weight is 452 g/mol. The van der Waals surface area contributed by atoms with Gasteiger partial charge in [-0.3, -0.25) is 4.99 Å². The van der Waals surface area contributed by atoms with E-state index in [1.807, 2.05) is 60.8 Å². The number of nitrogen functional groups attached to an aromatic ring is 1. The molecule has 1 aliphatic rings. The highest BCUT2D eigenvalue weighted by atomic mass is 16.5. The average Bonchev–Trinajstić information content (AvgIpc) is 3.25. The number of anilines is 1. The van der Waals surface area contributed by atoms with Gasteiger partial charge in [0.15, 0.2) is 0 Å². The van der Waals surface area contributed by atoms with Crippen LogP contribution in [0.3, 0.4) is 0 Å². The summed E-state index contributed by atoms with van der Waals surface area (Å²) in [5, 5.41) is 0. The fraction of sp³-hybridized carbons (Fsp3) is 0.207. The molecule has 3 N–H and O–H groups in total. The maximum atomic E-state index is 6.44. The molecule has 0 bridgehead atoms. The van der Waals surface area contributed by atoms with E-state index < -0.39 is 0 Å². The van der Waals surface area contributed by atoms with Gasteiger partial charge in [-0.15, -0.1) is 0 Å². The van der Waals surface area contributed by atoms with Crippen molar-refractivity contribution in [1.29, 1.82) is 0 Å². The van der Waals surface area contributed by atoms with Gasteiger partial charge in [-0.2, -0.15) is 0 Å². The molecule has 4 aromatic rings. The van der Waals surface area contributed by atoms with Crippen LogP contribution in [0.4, 0.5) is 5.69 Å². The van der Waals surface area contributed by atoms with Crippen molar-refractivity contribution in [3.8, 4) is 17.2 Å². The molecule has 1 aliphatic heterocycles. The predicted molar refractivity (Wildman–Crippen MR) is 137 cm³/mol. The Labute approximate surface area is 200 Å². The van der Waals surface area contributed by atoms with Crippen molar-refractivity contribution in [3.63, 3.8) is 0 Å². The summed E-state index contributed by atoms with van der Waals surface area (Å²) in [6.45, 7) is 5.59. The number of nitrogens with two attached hydrogens (primary N) is 1. The molecular weight excluding hydrogens is 422 g/mol. The van der Waals surface area contributed by atoms with E-state index in [1.54, 1.807) is 0 Å². The van der Waals surface area contributed by atoms with E-state index in [2.05, 4.69) is 43.1 Å². The van der Waals surface area contributed by atoms with Crippen LogP contribution in [-0.4, -0.2) is 23.8 Å². The topological polar surface area (TPSA) is 72.6 Å². The van der Waals surface area contributed by atoms with Crippen molar-refractivity contribution < 1.29 is 9.47 Å².